The van der Waals surface area contributed by atoms with Gasteiger partial charge < -0.3 is 10.2 Å². The molecule has 0 atom stereocenters. The molecule has 0 aliphatic carbocycles. The zero-order valence-electron chi connectivity index (χ0n) is 13.5. The first kappa shape index (κ1) is 16.7. The van der Waals surface area contributed by atoms with Crippen LogP contribution in [0.1, 0.15) is 12.0 Å². The second kappa shape index (κ2) is 8.13. The SMILES string of the molecule is O=C(Nc1cccnc1)N1CCCN(Cc2ccc(Cl)cc2)CC1. The molecule has 2 heterocycles. The highest BCUT2D eigenvalue weighted by atomic mass is 35.5. The number of urea groups is 1. The average Bonchev–Trinajstić information content (AvgIpc) is 2.83. The van der Waals surface area contributed by atoms with Gasteiger partial charge in [0.25, 0.3) is 0 Å². The van der Waals surface area contributed by atoms with Gasteiger partial charge in [-0.3, -0.25) is 9.88 Å². The Morgan fingerprint density at radius 3 is 2.71 bits per heavy atom. The minimum absolute atomic E-state index is 0.0589. The monoisotopic (exact) mass is 344 g/mol. The number of anilines is 1. The molecular weight excluding hydrogens is 324 g/mol. The summed E-state index contributed by atoms with van der Waals surface area (Å²) in [5.41, 5.74) is 1.97. The van der Waals surface area contributed by atoms with Gasteiger partial charge in [0.2, 0.25) is 0 Å². The molecule has 1 saturated heterocycles. The lowest BCUT2D eigenvalue weighted by atomic mass is 10.2. The quantitative estimate of drug-likeness (QED) is 0.927. The summed E-state index contributed by atoms with van der Waals surface area (Å²) in [5, 5.41) is 3.66. The average molecular weight is 345 g/mol. The van der Waals surface area contributed by atoms with Gasteiger partial charge in [-0.2, -0.15) is 0 Å². The van der Waals surface area contributed by atoms with Crippen LogP contribution >= 0.6 is 11.6 Å². The van der Waals surface area contributed by atoms with E-state index in [1.54, 1.807) is 12.4 Å². The molecule has 0 spiro atoms. The number of pyridine rings is 1. The molecule has 1 N–H and O–H groups in total. The Labute approximate surface area is 147 Å². The summed E-state index contributed by atoms with van der Waals surface area (Å²) in [5.74, 6) is 0. The summed E-state index contributed by atoms with van der Waals surface area (Å²) in [7, 11) is 0. The zero-order chi connectivity index (χ0) is 16.8. The van der Waals surface area contributed by atoms with Gasteiger partial charge in [0.15, 0.2) is 0 Å². The van der Waals surface area contributed by atoms with Crippen molar-refractivity contribution in [2.24, 2.45) is 0 Å². The molecular formula is C18H21ClN4O. The van der Waals surface area contributed by atoms with Gasteiger partial charge in [0.05, 0.1) is 11.9 Å². The van der Waals surface area contributed by atoms with E-state index in [0.29, 0.717) is 0 Å². The van der Waals surface area contributed by atoms with Gasteiger partial charge in [-0.15, -0.1) is 0 Å². The van der Waals surface area contributed by atoms with Crippen LogP contribution in [0.4, 0.5) is 10.5 Å². The lowest BCUT2D eigenvalue weighted by Crippen LogP contribution is -2.38. The molecule has 2 aromatic rings. The number of aromatic nitrogens is 1. The Morgan fingerprint density at radius 1 is 1.12 bits per heavy atom. The number of benzene rings is 1. The lowest BCUT2D eigenvalue weighted by Gasteiger charge is -2.22. The molecule has 0 bridgehead atoms. The first-order valence-electron chi connectivity index (χ1n) is 8.13. The molecule has 0 unspecified atom stereocenters. The number of hydrogen-bond acceptors (Lipinski definition) is 3. The summed E-state index contributed by atoms with van der Waals surface area (Å²) in [6.07, 6.45) is 4.31. The maximum absolute atomic E-state index is 12.4. The summed E-state index contributed by atoms with van der Waals surface area (Å²) in [6, 6.07) is 11.5. The predicted octanol–water partition coefficient (Wildman–Crippen LogP) is 3.47. The molecule has 5 nitrogen and oxygen atoms in total. The van der Waals surface area contributed by atoms with Crippen molar-refractivity contribution in [1.29, 1.82) is 0 Å². The molecule has 1 aromatic heterocycles. The van der Waals surface area contributed by atoms with Gasteiger partial charge in [0, 0.05) is 43.9 Å². The smallest absolute Gasteiger partial charge is 0.321 e. The number of carbonyl (C=O) groups is 1. The molecule has 6 heteroatoms. The van der Waals surface area contributed by atoms with E-state index in [0.717, 1.165) is 49.9 Å². The summed E-state index contributed by atoms with van der Waals surface area (Å²) < 4.78 is 0. The van der Waals surface area contributed by atoms with Gasteiger partial charge in [-0.1, -0.05) is 23.7 Å². The van der Waals surface area contributed by atoms with Crippen molar-refractivity contribution < 1.29 is 4.79 Å². The fourth-order valence-electron chi connectivity index (χ4n) is 2.82. The van der Waals surface area contributed by atoms with Crippen LogP contribution in [0.15, 0.2) is 48.8 Å². The molecule has 1 fully saturated rings. The van der Waals surface area contributed by atoms with Crippen LogP contribution in [0.2, 0.25) is 5.02 Å². The largest absolute Gasteiger partial charge is 0.323 e. The van der Waals surface area contributed by atoms with E-state index in [4.69, 9.17) is 11.6 Å². The highest BCUT2D eigenvalue weighted by molar-refractivity contribution is 6.30. The Bertz CT molecular complexity index is 662. The molecule has 126 valence electrons. The second-order valence-corrected chi connectivity index (χ2v) is 6.35. The highest BCUT2D eigenvalue weighted by Crippen LogP contribution is 2.14. The van der Waals surface area contributed by atoms with Crippen molar-refractivity contribution in [2.75, 3.05) is 31.5 Å². The Kier molecular flexibility index (Phi) is 5.67. The van der Waals surface area contributed by atoms with Crippen molar-refractivity contribution in [3.05, 3.63) is 59.4 Å². The van der Waals surface area contributed by atoms with Gasteiger partial charge in [0.1, 0.15) is 0 Å². The number of amides is 2. The van der Waals surface area contributed by atoms with E-state index >= 15 is 0 Å². The number of halogens is 1. The summed E-state index contributed by atoms with van der Waals surface area (Å²) >= 11 is 5.93. The molecule has 24 heavy (non-hydrogen) atoms. The minimum atomic E-state index is -0.0589. The Balaban J connectivity index is 1.52. The Morgan fingerprint density at radius 2 is 1.96 bits per heavy atom. The number of carbonyl (C=O) groups excluding carboxylic acids is 1. The van der Waals surface area contributed by atoms with Crippen LogP contribution < -0.4 is 5.32 Å². The summed E-state index contributed by atoms with van der Waals surface area (Å²) in [4.78, 5) is 20.6. The fourth-order valence-corrected chi connectivity index (χ4v) is 2.95. The molecule has 0 saturated carbocycles. The number of nitrogens with zero attached hydrogens (tertiary/aromatic N) is 3. The van der Waals surface area contributed by atoms with Crippen molar-refractivity contribution in [3.8, 4) is 0 Å². The molecule has 1 aromatic carbocycles. The maximum atomic E-state index is 12.4. The normalized spacial score (nSPS) is 15.8. The summed E-state index contributed by atoms with van der Waals surface area (Å²) in [6.45, 7) is 4.22. The molecule has 1 aliphatic rings. The van der Waals surface area contributed by atoms with Crippen LogP contribution in [0.3, 0.4) is 0 Å². The van der Waals surface area contributed by atoms with Crippen molar-refractivity contribution in [3.63, 3.8) is 0 Å². The third kappa shape index (κ3) is 4.69. The third-order valence-electron chi connectivity index (χ3n) is 4.11. The topological polar surface area (TPSA) is 48.5 Å². The van der Waals surface area contributed by atoms with Crippen LogP contribution in [0.25, 0.3) is 0 Å². The molecule has 1 aliphatic heterocycles. The van der Waals surface area contributed by atoms with E-state index < -0.39 is 0 Å². The van der Waals surface area contributed by atoms with Crippen molar-refractivity contribution >= 4 is 23.3 Å². The maximum Gasteiger partial charge on any atom is 0.321 e. The van der Waals surface area contributed by atoms with Crippen LogP contribution in [0.5, 0.6) is 0 Å². The highest BCUT2D eigenvalue weighted by Gasteiger charge is 2.19. The van der Waals surface area contributed by atoms with Crippen LogP contribution in [-0.2, 0) is 6.54 Å². The van der Waals surface area contributed by atoms with E-state index in [9.17, 15) is 4.79 Å². The first-order valence-corrected chi connectivity index (χ1v) is 8.51. The van der Waals surface area contributed by atoms with E-state index in [1.807, 2.05) is 29.2 Å². The van der Waals surface area contributed by atoms with Crippen molar-refractivity contribution in [1.82, 2.24) is 14.8 Å². The zero-order valence-corrected chi connectivity index (χ0v) is 14.2. The number of rotatable bonds is 3. The number of nitrogens with one attached hydrogen (secondary N) is 1. The van der Waals surface area contributed by atoms with Crippen molar-refractivity contribution in [2.45, 2.75) is 13.0 Å². The van der Waals surface area contributed by atoms with Gasteiger partial charge in [-0.05, 0) is 36.2 Å². The second-order valence-electron chi connectivity index (χ2n) is 5.92. The standard InChI is InChI=1S/C18H21ClN4O/c19-16-6-4-15(5-7-16)14-22-9-2-10-23(12-11-22)18(24)21-17-3-1-8-20-13-17/h1,3-8,13H,2,9-12,14H2,(H,21,24). The van der Waals surface area contributed by atoms with Crippen LogP contribution in [-0.4, -0.2) is 47.0 Å². The fraction of sp³-hybridized carbons (Fsp3) is 0.333. The van der Waals surface area contributed by atoms with Gasteiger partial charge in [-0.25, -0.2) is 4.79 Å². The minimum Gasteiger partial charge on any atom is -0.323 e. The first-order chi connectivity index (χ1) is 11.7. The number of hydrogen-bond donors (Lipinski definition) is 1. The van der Waals surface area contributed by atoms with E-state index in [2.05, 4.69) is 27.3 Å². The predicted molar refractivity (Wildman–Crippen MR) is 96.2 cm³/mol. The van der Waals surface area contributed by atoms with Gasteiger partial charge >= 0.3 is 6.03 Å². The molecule has 2 amide bonds. The molecule has 3 rings (SSSR count). The third-order valence-corrected chi connectivity index (χ3v) is 4.36. The van der Waals surface area contributed by atoms with E-state index in [1.165, 1.54) is 5.56 Å². The molecule has 0 radical (unpaired) electrons. The lowest BCUT2D eigenvalue weighted by molar-refractivity contribution is 0.211. The van der Waals surface area contributed by atoms with Crippen LogP contribution in [0, 0.1) is 0 Å². The Hall–Kier alpha value is -2.11. The van der Waals surface area contributed by atoms with E-state index in [-0.39, 0.29) is 6.03 Å².